The molecule has 0 radical (unpaired) electrons. The van der Waals surface area contributed by atoms with Crippen LogP contribution < -0.4 is 5.46 Å². The second-order valence-electron chi connectivity index (χ2n) is 3.15. The molecule has 14 heavy (non-hydrogen) atoms. The summed E-state index contributed by atoms with van der Waals surface area (Å²) in [6, 6.07) is 4.32. The average Bonchev–Trinajstić information content (AvgIpc) is 2.07. The van der Waals surface area contributed by atoms with Crippen molar-refractivity contribution in [2.75, 3.05) is 0 Å². The Morgan fingerprint density at radius 3 is 2.57 bits per heavy atom. The number of Topliss-reactive ketones (excluding diaryl/α,β-unsaturated/α-hetero) is 1. The third-order valence-electron chi connectivity index (χ3n) is 1.82. The van der Waals surface area contributed by atoms with Crippen molar-refractivity contribution in [2.45, 2.75) is 13.3 Å². The zero-order chi connectivity index (χ0) is 10.7. The maximum Gasteiger partial charge on any atom is 0.492 e. The van der Waals surface area contributed by atoms with Crippen LogP contribution in [0.1, 0.15) is 12.5 Å². The van der Waals surface area contributed by atoms with Gasteiger partial charge in [0.1, 0.15) is 11.5 Å². The summed E-state index contributed by atoms with van der Waals surface area (Å²) in [5, 5.41) is 27.0. The molecule has 0 heterocycles. The summed E-state index contributed by atoms with van der Waals surface area (Å²) >= 11 is 0. The van der Waals surface area contributed by atoms with E-state index in [1.165, 1.54) is 19.1 Å². The number of carbonyl (C=O) groups excluding carboxylic acids is 1. The Labute approximate surface area is 82.0 Å². The van der Waals surface area contributed by atoms with Crippen molar-refractivity contribution >= 4 is 18.4 Å². The molecular formula is C9H11BO4. The molecule has 4 nitrogen and oxygen atoms in total. The van der Waals surface area contributed by atoms with Crippen LogP contribution in [0, 0.1) is 0 Å². The van der Waals surface area contributed by atoms with Gasteiger partial charge in [0.2, 0.25) is 0 Å². The molecule has 0 aliphatic rings. The van der Waals surface area contributed by atoms with E-state index in [2.05, 4.69) is 0 Å². The Morgan fingerprint density at radius 1 is 1.43 bits per heavy atom. The van der Waals surface area contributed by atoms with Crippen LogP contribution in [0.5, 0.6) is 5.75 Å². The molecule has 0 amide bonds. The highest BCUT2D eigenvalue weighted by atomic mass is 16.4. The Morgan fingerprint density at radius 2 is 2.07 bits per heavy atom. The molecule has 0 unspecified atom stereocenters. The van der Waals surface area contributed by atoms with Crippen LogP contribution >= 0.6 is 0 Å². The second-order valence-corrected chi connectivity index (χ2v) is 3.15. The molecule has 0 spiro atoms. The first-order valence-corrected chi connectivity index (χ1v) is 4.18. The molecule has 0 saturated carbocycles. The molecule has 0 aliphatic carbocycles. The standard InChI is InChI=1S/C9H11BO4/c1-6(11)4-7-2-3-9(12)8(5-7)10(13)14/h2-3,5,12-14H,4H2,1H3. The lowest BCUT2D eigenvalue weighted by Gasteiger charge is -2.05. The first-order valence-electron chi connectivity index (χ1n) is 4.18. The molecule has 1 rings (SSSR count). The molecule has 0 fully saturated rings. The molecule has 5 heteroatoms. The van der Waals surface area contributed by atoms with E-state index in [0.29, 0.717) is 5.56 Å². The lowest BCUT2D eigenvalue weighted by atomic mass is 9.78. The van der Waals surface area contributed by atoms with Crippen molar-refractivity contribution in [3.63, 3.8) is 0 Å². The minimum atomic E-state index is -1.72. The second kappa shape index (κ2) is 4.26. The SMILES string of the molecule is CC(=O)Cc1ccc(O)c(B(O)O)c1. The third kappa shape index (κ3) is 2.58. The van der Waals surface area contributed by atoms with Crippen LogP contribution in [0.3, 0.4) is 0 Å². The van der Waals surface area contributed by atoms with Crippen molar-refractivity contribution in [1.29, 1.82) is 0 Å². The maximum atomic E-state index is 10.8. The lowest BCUT2D eigenvalue weighted by molar-refractivity contribution is -0.116. The zero-order valence-corrected chi connectivity index (χ0v) is 7.77. The van der Waals surface area contributed by atoms with Gasteiger partial charge >= 0.3 is 7.12 Å². The fourth-order valence-corrected chi connectivity index (χ4v) is 1.21. The highest BCUT2D eigenvalue weighted by Crippen LogP contribution is 2.09. The number of hydrogen-bond acceptors (Lipinski definition) is 4. The monoisotopic (exact) mass is 194 g/mol. The van der Waals surface area contributed by atoms with Gasteiger partial charge in [0.05, 0.1) is 0 Å². The maximum absolute atomic E-state index is 10.8. The Balaban J connectivity index is 3.00. The van der Waals surface area contributed by atoms with Gasteiger partial charge in [0.15, 0.2) is 0 Å². The fourth-order valence-electron chi connectivity index (χ4n) is 1.21. The van der Waals surface area contributed by atoms with E-state index in [1.54, 1.807) is 6.07 Å². The van der Waals surface area contributed by atoms with Crippen molar-refractivity contribution in [2.24, 2.45) is 0 Å². The summed E-state index contributed by atoms with van der Waals surface area (Å²) < 4.78 is 0. The molecular weight excluding hydrogens is 183 g/mol. The summed E-state index contributed by atoms with van der Waals surface area (Å²) in [7, 11) is -1.72. The van der Waals surface area contributed by atoms with Crippen molar-refractivity contribution in [1.82, 2.24) is 0 Å². The van der Waals surface area contributed by atoms with Gasteiger partial charge in [-0.1, -0.05) is 12.1 Å². The molecule has 0 aromatic heterocycles. The smallest absolute Gasteiger partial charge is 0.492 e. The average molecular weight is 194 g/mol. The van der Waals surface area contributed by atoms with Gasteiger partial charge in [0.25, 0.3) is 0 Å². The highest BCUT2D eigenvalue weighted by Gasteiger charge is 2.16. The molecule has 0 aliphatic heterocycles. The predicted molar refractivity (Wildman–Crippen MR) is 52.3 cm³/mol. The third-order valence-corrected chi connectivity index (χ3v) is 1.82. The van der Waals surface area contributed by atoms with Crippen molar-refractivity contribution in [3.05, 3.63) is 23.8 Å². The number of hydrogen-bond donors (Lipinski definition) is 3. The van der Waals surface area contributed by atoms with Crippen LogP contribution in [0.2, 0.25) is 0 Å². The Bertz CT molecular complexity index is 349. The number of benzene rings is 1. The largest absolute Gasteiger partial charge is 0.508 e. The Hall–Kier alpha value is -1.33. The van der Waals surface area contributed by atoms with E-state index in [0.717, 1.165) is 0 Å². The molecule has 1 aromatic carbocycles. The summed E-state index contributed by atoms with van der Waals surface area (Å²) in [5.74, 6) is -0.207. The highest BCUT2D eigenvalue weighted by molar-refractivity contribution is 6.59. The number of aromatic hydroxyl groups is 1. The van der Waals surface area contributed by atoms with E-state index in [4.69, 9.17) is 10.0 Å². The summed E-state index contributed by atoms with van der Waals surface area (Å²) in [4.78, 5) is 10.8. The molecule has 74 valence electrons. The van der Waals surface area contributed by atoms with Gasteiger partial charge in [-0.05, 0) is 18.6 Å². The first-order chi connectivity index (χ1) is 6.50. The van der Waals surface area contributed by atoms with E-state index in [1.807, 2.05) is 0 Å². The van der Waals surface area contributed by atoms with Crippen LogP contribution in [0.4, 0.5) is 0 Å². The minimum absolute atomic E-state index is 0.0174. The predicted octanol–water partition coefficient (Wildman–Crippen LogP) is -0.796. The quantitative estimate of drug-likeness (QED) is 0.550. The minimum Gasteiger partial charge on any atom is -0.508 e. The first kappa shape index (κ1) is 10.8. The van der Waals surface area contributed by atoms with Crippen LogP contribution in [-0.4, -0.2) is 28.1 Å². The molecule has 0 bridgehead atoms. The zero-order valence-electron chi connectivity index (χ0n) is 7.77. The van der Waals surface area contributed by atoms with Gasteiger partial charge in [-0.25, -0.2) is 0 Å². The normalized spacial score (nSPS) is 9.93. The molecule has 0 atom stereocenters. The number of phenolic OH excluding ortho intramolecular Hbond substituents is 1. The summed E-state index contributed by atoms with van der Waals surface area (Å²) in [6.45, 7) is 1.45. The molecule has 1 aromatic rings. The van der Waals surface area contributed by atoms with Gasteiger partial charge in [-0.2, -0.15) is 0 Å². The van der Waals surface area contributed by atoms with E-state index in [9.17, 15) is 9.90 Å². The van der Waals surface area contributed by atoms with Crippen LogP contribution in [-0.2, 0) is 11.2 Å². The van der Waals surface area contributed by atoms with Crippen molar-refractivity contribution in [3.8, 4) is 5.75 Å². The Kier molecular flexibility index (Phi) is 3.27. The molecule has 3 N–H and O–H groups in total. The van der Waals surface area contributed by atoms with Crippen LogP contribution in [0.25, 0.3) is 0 Å². The van der Waals surface area contributed by atoms with Gasteiger partial charge in [-0.15, -0.1) is 0 Å². The topological polar surface area (TPSA) is 77.8 Å². The van der Waals surface area contributed by atoms with E-state index >= 15 is 0 Å². The molecule has 0 saturated heterocycles. The van der Waals surface area contributed by atoms with Crippen LogP contribution in [0.15, 0.2) is 18.2 Å². The van der Waals surface area contributed by atoms with Gasteiger partial charge in [-0.3, -0.25) is 4.79 Å². The lowest BCUT2D eigenvalue weighted by Crippen LogP contribution is -2.30. The number of rotatable bonds is 3. The summed E-state index contributed by atoms with van der Waals surface area (Å²) in [5.41, 5.74) is 0.669. The summed E-state index contributed by atoms with van der Waals surface area (Å²) in [6.07, 6.45) is 0.222. The number of carbonyl (C=O) groups is 1. The van der Waals surface area contributed by atoms with Gasteiger partial charge in [0, 0.05) is 11.9 Å². The van der Waals surface area contributed by atoms with Crippen molar-refractivity contribution < 1.29 is 19.9 Å². The number of phenols is 1. The van der Waals surface area contributed by atoms with E-state index in [-0.39, 0.29) is 23.4 Å². The number of ketones is 1. The van der Waals surface area contributed by atoms with Gasteiger partial charge < -0.3 is 15.2 Å². The fraction of sp³-hybridized carbons (Fsp3) is 0.222. The van der Waals surface area contributed by atoms with E-state index < -0.39 is 7.12 Å².